The molecule has 0 radical (unpaired) electrons. The number of rotatable bonds is 1. The van der Waals surface area contributed by atoms with Gasteiger partial charge in [0.2, 0.25) is 0 Å². The molecule has 1 aromatic rings. The molecule has 0 aliphatic rings. The van der Waals surface area contributed by atoms with Crippen molar-refractivity contribution in [3.63, 3.8) is 0 Å². The maximum Gasteiger partial charge on any atom is 0.573 e. The second-order valence-corrected chi connectivity index (χ2v) is 2.79. The summed E-state index contributed by atoms with van der Waals surface area (Å²) < 4.78 is 39.3. The van der Waals surface area contributed by atoms with E-state index in [1.807, 2.05) is 0 Å². The number of ether oxygens (including phenoxy) is 1. The maximum atomic E-state index is 11.9. The highest BCUT2D eigenvalue weighted by Crippen LogP contribution is 2.29. The summed E-state index contributed by atoms with van der Waals surface area (Å²) in [7, 11) is 0. The zero-order valence-corrected chi connectivity index (χ0v) is 7.64. The van der Waals surface area contributed by atoms with Crippen LogP contribution in [0, 0.1) is 13.8 Å². The number of nitrogens with zero attached hydrogens (tertiary/aromatic N) is 1. The molecule has 3 nitrogen and oxygen atoms in total. The van der Waals surface area contributed by atoms with Crippen molar-refractivity contribution < 1.29 is 17.9 Å². The van der Waals surface area contributed by atoms with Crippen LogP contribution in [0.4, 0.5) is 18.9 Å². The zero-order chi connectivity index (χ0) is 10.9. The molecule has 6 heteroatoms. The first-order valence-corrected chi connectivity index (χ1v) is 3.78. The second-order valence-electron chi connectivity index (χ2n) is 2.79. The number of hydrogen-bond donors (Lipinski definition) is 1. The number of alkyl halides is 3. The number of nitrogens with two attached hydrogens (primary N) is 1. The van der Waals surface area contributed by atoms with Crippen LogP contribution < -0.4 is 10.5 Å². The Bertz CT molecular complexity index is 349. The van der Waals surface area contributed by atoms with Gasteiger partial charge in [-0.15, -0.1) is 13.2 Å². The van der Waals surface area contributed by atoms with Crippen LogP contribution in [-0.4, -0.2) is 11.3 Å². The van der Waals surface area contributed by atoms with Crippen LogP contribution in [0.2, 0.25) is 0 Å². The standard InChI is InChI=1S/C8H9F3N2O/c1-4-6(14-8(9,10)11)3-13-5(2)7(4)12/h3H,12H2,1-2H3. The van der Waals surface area contributed by atoms with Gasteiger partial charge >= 0.3 is 6.36 Å². The third kappa shape index (κ3) is 2.27. The average molecular weight is 206 g/mol. The Balaban J connectivity index is 3.06. The van der Waals surface area contributed by atoms with E-state index in [4.69, 9.17) is 5.73 Å². The second kappa shape index (κ2) is 3.36. The molecule has 1 heterocycles. The topological polar surface area (TPSA) is 48.1 Å². The normalized spacial score (nSPS) is 11.5. The molecule has 1 rings (SSSR count). The third-order valence-electron chi connectivity index (χ3n) is 1.76. The fourth-order valence-corrected chi connectivity index (χ4v) is 0.953. The molecule has 0 aliphatic carbocycles. The lowest BCUT2D eigenvalue weighted by Crippen LogP contribution is -2.18. The lowest BCUT2D eigenvalue weighted by molar-refractivity contribution is -0.274. The van der Waals surface area contributed by atoms with Crippen LogP contribution in [0.5, 0.6) is 5.75 Å². The highest BCUT2D eigenvalue weighted by Gasteiger charge is 2.32. The molecule has 0 amide bonds. The molecule has 0 saturated heterocycles. The molecular weight excluding hydrogens is 197 g/mol. The van der Waals surface area contributed by atoms with Gasteiger partial charge in [0, 0.05) is 5.56 Å². The Labute approximate surface area is 78.7 Å². The minimum atomic E-state index is -4.71. The summed E-state index contributed by atoms with van der Waals surface area (Å²) in [4.78, 5) is 3.67. The third-order valence-corrected chi connectivity index (χ3v) is 1.76. The quantitative estimate of drug-likeness (QED) is 0.766. The largest absolute Gasteiger partial charge is 0.573 e. The Kier molecular flexibility index (Phi) is 2.55. The van der Waals surface area contributed by atoms with Crippen molar-refractivity contribution in [1.29, 1.82) is 0 Å². The highest BCUT2D eigenvalue weighted by atomic mass is 19.4. The molecule has 0 spiro atoms. The monoisotopic (exact) mass is 206 g/mol. The zero-order valence-electron chi connectivity index (χ0n) is 7.64. The summed E-state index contributed by atoms with van der Waals surface area (Å²) in [6.45, 7) is 3.06. The Hall–Kier alpha value is -1.46. The van der Waals surface area contributed by atoms with Crippen molar-refractivity contribution in [2.24, 2.45) is 0 Å². The summed E-state index contributed by atoms with van der Waals surface area (Å²) in [5.74, 6) is -0.361. The summed E-state index contributed by atoms with van der Waals surface area (Å²) in [6.07, 6.45) is -3.71. The summed E-state index contributed by atoms with van der Waals surface area (Å²) >= 11 is 0. The number of pyridine rings is 1. The predicted octanol–water partition coefficient (Wildman–Crippen LogP) is 2.18. The van der Waals surface area contributed by atoms with Crippen molar-refractivity contribution in [3.05, 3.63) is 17.5 Å². The van der Waals surface area contributed by atoms with Gasteiger partial charge in [0.15, 0.2) is 5.75 Å². The lowest BCUT2D eigenvalue weighted by atomic mass is 10.2. The number of hydrogen-bond acceptors (Lipinski definition) is 3. The minimum absolute atomic E-state index is 0.215. The van der Waals surface area contributed by atoms with Crippen molar-refractivity contribution in [2.75, 3.05) is 5.73 Å². The molecule has 0 bridgehead atoms. The number of aryl methyl sites for hydroxylation is 1. The van der Waals surface area contributed by atoms with Crippen LogP contribution in [0.1, 0.15) is 11.3 Å². The average Bonchev–Trinajstić information content (AvgIpc) is 2.04. The van der Waals surface area contributed by atoms with E-state index < -0.39 is 6.36 Å². The highest BCUT2D eigenvalue weighted by molar-refractivity contribution is 5.55. The first kappa shape index (κ1) is 10.6. The number of nitrogen functional groups attached to an aromatic ring is 1. The van der Waals surface area contributed by atoms with E-state index in [1.54, 1.807) is 6.92 Å². The molecule has 14 heavy (non-hydrogen) atoms. The van der Waals surface area contributed by atoms with Crippen LogP contribution in [0.25, 0.3) is 0 Å². The van der Waals surface area contributed by atoms with E-state index in [1.165, 1.54) is 6.92 Å². The van der Waals surface area contributed by atoms with Crippen molar-refractivity contribution in [1.82, 2.24) is 4.98 Å². The van der Waals surface area contributed by atoms with Gasteiger partial charge in [-0.1, -0.05) is 0 Å². The molecule has 0 atom stereocenters. The van der Waals surface area contributed by atoms with E-state index in [0.29, 0.717) is 5.69 Å². The van der Waals surface area contributed by atoms with Crippen LogP contribution in [0.3, 0.4) is 0 Å². The summed E-state index contributed by atoms with van der Waals surface area (Å²) in [6, 6.07) is 0. The number of aromatic nitrogens is 1. The van der Waals surface area contributed by atoms with Gasteiger partial charge in [0.05, 0.1) is 17.6 Å². The van der Waals surface area contributed by atoms with E-state index >= 15 is 0 Å². The molecule has 0 aromatic carbocycles. The van der Waals surface area contributed by atoms with E-state index in [-0.39, 0.29) is 17.0 Å². The smallest absolute Gasteiger partial charge is 0.404 e. The van der Waals surface area contributed by atoms with Crippen LogP contribution in [-0.2, 0) is 0 Å². The van der Waals surface area contributed by atoms with Crippen molar-refractivity contribution in [3.8, 4) is 5.75 Å². The Morgan fingerprint density at radius 1 is 1.36 bits per heavy atom. The lowest BCUT2D eigenvalue weighted by Gasteiger charge is -2.12. The van der Waals surface area contributed by atoms with E-state index in [0.717, 1.165) is 6.20 Å². The van der Waals surface area contributed by atoms with Crippen LogP contribution in [0.15, 0.2) is 6.20 Å². The van der Waals surface area contributed by atoms with Crippen molar-refractivity contribution >= 4 is 5.69 Å². The predicted molar refractivity (Wildman–Crippen MR) is 44.8 cm³/mol. The fraction of sp³-hybridized carbons (Fsp3) is 0.375. The fourth-order valence-electron chi connectivity index (χ4n) is 0.953. The summed E-state index contributed by atoms with van der Waals surface area (Å²) in [5, 5.41) is 0. The molecule has 0 saturated carbocycles. The van der Waals surface area contributed by atoms with Crippen molar-refractivity contribution in [2.45, 2.75) is 20.2 Å². The van der Waals surface area contributed by atoms with Gasteiger partial charge in [0.1, 0.15) is 0 Å². The SMILES string of the molecule is Cc1ncc(OC(F)(F)F)c(C)c1N. The molecule has 0 unspecified atom stereocenters. The van der Waals surface area contributed by atoms with Gasteiger partial charge in [-0.3, -0.25) is 4.98 Å². The van der Waals surface area contributed by atoms with Crippen LogP contribution >= 0.6 is 0 Å². The van der Waals surface area contributed by atoms with Gasteiger partial charge in [-0.05, 0) is 13.8 Å². The van der Waals surface area contributed by atoms with E-state index in [2.05, 4.69) is 9.72 Å². The molecular formula is C8H9F3N2O. The molecule has 1 aromatic heterocycles. The van der Waals surface area contributed by atoms with Gasteiger partial charge in [-0.25, -0.2) is 0 Å². The Morgan fingerprint density at radius 2 is 1.93 bits per heavy atom. The molecule has 0 aliphatic heterocycles. The first-order valence-electron chi connectivity index (χ1n) is 3.78. The summed E-state index contributed by atoms with van der Waals surface area (Å²) in [5.41, 5.74) is 6.43. The molecule has 78 valence electrons. The van der Waals surface area contributed by atoms with Gasteiger partial charge in [-0.2, -0.15) is 0 Å². The van der Waals surface area contributed by atoms with Gasteiger partial charge in [0.25, 0.3) is 0 Å². The van der Waals surface area contributed by atoms with E-state index in [9.17, 15) is 13.2 Å². The maximum absolute atomic E-state index is 11.9. The minimum Gasteiger partial charge on any atom is -0.404 e. The Morgan fingerprint density at radius 3 is 2.43 bits per heavy atom. The number of halogens is 3. The first-order chi connectivity index (χ1) is 6.31. The molecule has 2 N–H and O–H groups in total. The van der Waals surface area contributed by atoms with Gasteiger partial charge < -0.3 is 10.5 Å². The molecule has 0 fully saturated rings. The number of anilines is 1.